The lowest BCUT2D eigenvalue weighted by Crippen LogP contribution is -2.44. The molecule has 0 saturated heterocycles. The smallest absolute Gasteiger partial charge is 0.426 e. The first-order valence-corrected chi connectivity index (χ1v) is 8.90. The van der Waals surface area contributed by atoms with Crippen molar-refractivity contribution in [2.75, 3.05) is 0 Å². The van der Waals surface area contributed by atoms with E-state index in [1.54, 1.807) is 27.7 Å². The van der Waals surface area contributed by atoms with Crippen molar-refractivity contribution in [3.8, 4) is 0 Å². The Hall–Kier alpha value is -3.16. The lowest BCUT2D eigenvalue weighted by molar-refractivity contribution is -0.118. The fraction of sp³-hybridized carbons (Fsp3) is 0.400. The third kappa shape index (κ3) is 6.22. The predicted octanol–water partition coefficient (Wildman–Crippen LogP) is 3.21. The van der Waals surface area contributed by atoms with Gasteiger partial charge in [0, 0.05) is 11.8 Å². The van der Waals surface area contributed by atoms with Crippen LogP contribution in [0.25, 0.3) is 0 Å². The van der Waals surface area contributed by atoms with Gasteiger partial charge in [0.05, 0.1) is 0 Å². The van der Waals surface area contributed by atoms with Crippen LogP contribution in [0.5, 0.6) is 0 Å². The molecule has 28 heavy (non-hydrogen) atoms. The molecule has 2 N–H and O–H groups in total. The Morgan fingerprint density at radius 1 is 1.18 bits per heavy atom. The molecule has 8 heteroatoms. The molecule has 1 aliphatic rings. The number of nitrogens with zero attached hydrogens (tertiary/aromatic N) is 2. The fourth-order valence-electron chi connectivity index (χ4n) is 2.30. The molecule has 1 aliphatic carbocycles. The van der Waals surface area contributed by atoms with Crippen molar-refractivity contribution >= 4 is 24.7 Å². The van der Waals surface area contributed by atoms with Crippen LogP contribution in [0.4, 0.5) is 4.79 Å². The molecule has 1 aromatic carbocycles. The molecule has 2 rings (SSSR count). The number of benzene rings is 1. The average molecular weight is 386 g/mol. The molecule has 0 radical (unpaired) electrons. The Morgan fingerprint density at radius 2 is 1.82 bits per heavy atom. The summed E-state index contributed by atoms with van der Waals surface area (Å²) in [4.78, 5) is 31.5. The van der Waals surface area contributed by atoms with Crippen molar-refractivity contribution in [2.45, 2.75) is 51.7 Å². The monoisotopic (exact) mass is 386 g/mol. The minimum atomic E-state index is -0.757. The largest absolute Gasteiger partial charge is 0.452 e. The number of ether oxygens (including phenoxy) is 2. The summed E-state index contributed by atoms with van der Waals surface area (Å²) in [5.41, 5.74) is 4.60. The van der Waals surface area contributed by atoms with Gasteiger partial charge in [0.1, 0.15) is 11.2 Å². The molecule has 0 atom stereocenters. The molecule has 150 valence electrons. The summed E-state index contributed by atoms with van der Waals surface area (Å²) in [5, 5.41) is 0. The minimum absolute atomic E-state index is 0.0774. The molecule has 0 heterocycles. The van der Waals surface area contributed by atoms with Gasteiger partial charge in [0.2, 0.25) is 0 Å². The summed E-state index contributed by atoms with van der Waals surface area (Å²) in [7, 11) is 0. The summed E-state index contributed by atoms with van der Waals surface area (Å²) in [6.07, 6.45) is 2.26. The van der Waals surface area contributed by atoms with Crippen LogP contribution in [0.2, 0.25) is 0 Å². The quantitative estimate of drug-likeness (QED) is 0.359. The summed E-state index contributed by atoms with van der Waals surface area (Å²) in [5.74, 6) is -0.540. The van der Waals surface area contributed by atoms with Crippen LogP contribution >= 0.6 is 0 Å². The number of carbonyl (C=O) groups is 2. The van der Waals surface area contributed by atoms with E-state index in [4.69, 9.17) is 9.47 Å². The topological polar surface area (TPSA) is 101 Å². The average Bonchev–Trinajstić information content (AvgIpc) is 3.43. The Labute approximate surface area is 164 Å². The van der Waals surface area contributed by atoms with Gasteiger partial charge < -0.3 is 9.47 Å². The van der Waals surface area contributed by atoms with E-state index in [0.29, 0.717) is 0 Å². The van der Waals surface area contributed by atoms with Crippen LogP contribution in [-0.4, -0.2) is 30.3 Å². The lowest BCUT2D eigenvalue weighted by atomic mass is 10.1. The highest BCUT2D eigenvalue weighted by Gasteiger charge is 2.48. The van der Waals surface area contributed by atoms with Gasteiger partial charge in [-0.25, -0.2) is 20.2 Å². The van der Waals surface area contributed by atoms with E-state index in [1.807, 2.05) is 30.3 Å². The number of nitrogens with one attached hydrogen (secondary N) is 2. The van der Waals surface area contributed by atoms with Crippen molar-refractivity contribution < 1.29 is 19.1 Å². The lowest BCUT2D eigenvalue weighted by Gasteiger charge is -2.19. The second-order valence-corrected chi connectivity index (χ2v) is 7.43. The minimum Gasteiger partial charge on any atom is -0.452 e. The van der Waals surface area contributed by atoms with Gasteiger partial charge in [-0.15, -0.1) is 0 Å². The Morgan fingerprint density at radius 3 is 2.36 bits per heavy atom. The highest BCUT2D eigenvalue weighted by molar-refractivity contribution is 5.94. The van der Waals surface area contributed by atoms with E-state index in [0.717, 1.165) is 18.4 Å². The highest BCUT2D eigenvalue weighted by Crippen LogP contribution is 2.49. The molecule has 0 aliphatic heterocycles. The summed E-state index contributed by atoms with van der Waals surface area (Å²) in [6.45, 7) is 10.2. The van der Waals surface area contributed by atoms with Gasteiger partial charge in [-0.3, -0.25) is 10.2 Å². The molecule has 1 fully saturated rings. The van der Waals surface area contributed by atoms with Crippen LogP contribution in [0, 0.1) is 0 Å². The first kappa shape index (κ1) is 21.1. The molecule has 0 bridgehead atoms. The summed E-state index contributed by atoms with van der Waals surface area (Å²) >= 11 is 0. The van der Waals surface area contributed by atoms with Gasteiger partial charge in [0.15, 0.2) is 0 Å². The zero-order valence-corrected chi connectivity index (χ0v) is 16.6. The third-order valence-electron chi connectivity index (χ3n) is 3.83. The molecular formula is C20H26N4O4. The molecule has 8 nitrogen and oxygen atoms in total. The SMILES string of the molecule is C=NC(=N/C=C(\C)C(=O)NNC(=O)OC(C)(C)C)OC1(c2ccccc2)CC1. The van der Waals surface area contributed by atoms with Crippen LogP contribution in [0.15, 0.2) is 52.1 Å². The van der Waals surface area contributed by atoms with Crippen LogP contribution in [0.1, 0.15) is 46.1 Å². The number of amidine groups is 1. The Kier molecular flexibility index (Phi) is 6.56. The highest BCUT2D eigenvalue weighted by atomic mass is 16.6. The molecule has 0 aromatic heterocycles. The van der Waals surface area contributed by atoms with Crippen LogP contribution in [-0.2, 0) is 19.9 Å². The molecule has 2 amide bonds. The molecular weight excluding hydrogens is 360 g/mol. The van der Waals surface area contributed by atoms with Crippen molar-refractivity contribution in [3.63, 3.8) is 0 Å². The van der Waals surface area contributed by atoms with E-state index in [-0.39, 0.29) is 11.6 Å². The number of hydrogen-bond donors (Lipinski definition) is 2. The van der Waals surface area contributed by atoms with E-state index in [9.17, 15) is 9.59 Å². The second-order valence-electron chi connectivity index (χ2n) is 7.43. The first-order chi connectivity index (χ1) is 13.1. The van der Waals surface area contributed by atoms with Gasteiger partial charge >= 0.3 is 12.1 Å². The van der Waals surface area contributed by atoms with E-state index >= 15 is 0 Å². The zero-order chi connectivity index (χ0) is 20.8. The van der Waals surface area contributed by atoms with Crippen molar-refractivity contribution in [2.24, 2.45) is 9.98 Å². The maximum Gasteiger partial charge on any atom is 0.426 e. The molecule has 1 aromatic rings. The summed E-state index contributed by atoms with van der Waals surface area (Å²) in [6, 6.07) is 9.89. The summed E-state index contributed by atoms with van der Waals surface area (Å²) < 4.78 is 11.0. The number of carbonyl (C=O) groups excluding carboxylic acids is 2. The normalized spacial score (nSPS) is 16.0. The third-order valence-corrected chi connectivity index (χ3v) is 3.83. The van der Waals surface area contributed by atoms with E-state index < -0.39 is 23.2 Å². The van der Waals surface area contributed by atoms with Gasteiger partial charge in [0.25, 0.3) is 5.91 Å². The maximum absolute atomic E-state index is 12.0. The van der Waals surface area contributed by atoms with Crippen molar-refractivity contribution in [1.29, 1.82) is 0 Å². The Bertz CT molecular complexity index is 790. The zero-order valence-electron chi connectivity index (χ0n) is 16.6. The fourth-order valence-corrected chi connectivity index (χ4v) is 2.30. The molecule has 1 saturated carbocycles. The standard InChI is InChI=1S/C20H26N4O4/c1-14(16(25)23-24-18(26)28-19(2,3)4)13-22-17(21-5)27-20(11-12-20)15-9-7-6-8-10-15/h6-10,13H,5,11-12H2,1-4H3,(H,23,25)(H,24,26)/b14-13+,22-17?. The van der Waals surface area contributed by atoms with Crippen LogP contribution < -0.4 is 10.9 Å². The first-order valence-electron chi connectivity index (χ1n) is 8.90. The predicted molar refractivity (Wildman–Crippen MR) is 107 cm³/mol. The molecule has 0 unspecified atom stereocenters. The number of rotatable bonds is 4. The van der Waals surface area contributed by atoms with Gasteiger partial charge in [-0.05, 0) is 52.8 Å². The van der Waals surface area contributed by atoms with Gasteiger partial charge in [-0.2, -0.15) is 0 Å². The van der Waals surface area contributed by atoms with Crippen molar-refractivity contribution in [3.05, 3.63) is 47.7 Å². The number of hydrazine groups is 1. The van der Waals surface area contributed by atoms with Gasteiger partial charge in [-0.1, -0.05) is 30.3 Å². The number of amides is 2. The Balaban J connectivity index is 1.95. The van der Waals surface area contributed by atoms with Crippen molar-refractivity contribution in [1.82, 2.24) is 10.9 Å². The van der Waals surface area contributed by atoms with E-state index in [2.05, 4.69) is 27.6 Å². The number of hydrogen-bond acceptors (Lipinski definition) is 5. The maximum atomic E-state index is 12.0. The van der Waals surface area contributed by atoms with E-state index in [1.165, 1.54) is 6.20 Å². The van der Waals surface area contributed by atoms with Crippen LogP contribution in [0.3, 0.4) is 0 Å². The number of aliphatic imine (C=N–C) groups is 2. The molecule has 0 spiro atoms. The second kappa shape index (κ2) is 8.69.